The van der Waals surface area contributed by atoms with Gasteiger partial charge in [-0.15, -0.1) is 0 Å². The highest BCUT2D eigenvalue weighted by Crippen LogP contribution is 2.34. The maximum Gasteiger partial charge on any atom is 0.266 e. The molecule has 1 saturated carbocycles. The van der Waals surface area contributed by atoms with Gasteiger partial charge in [-0.3, -0.25) is 39.0 Å². The summed E-state index contributed by atoms with van der Waals surface area (Å²) < 4.78 is 12.9. The van der Waals surface area contributed by atoms with Crippen molar-refractivity contribution < 1.29 is 38.2 Å². The molecule has 2 aromatic heterocycles. The molecule has 16 nitrogen and oxygen atoms in total. The van der Waals surface area contributed by atoms with Crippen LogP contribution in [0.3, 0.4) is 0 Å². The number of fused-ring (bicyclic) bond motifs is 2. The minimum Gasteiger partial charge on any atom is -0.483 e. The second-order valence-corrected chi connectivity index (χ2v) is 12.9. The van der Waals surface area contributed by atoms with Crippen LogP contribution in [0.15, 0.2) is 36.5 Å². The number of anilines is 1. The summed E-state index contributed by atoms with van der Waals surface area (Å²) in [7, 11) is 0. The van der Waals surface area contributed by atoms with Gasteiger partial charge in [-0.25, -0.2) is 4.98 Å². The standard InChI is InChI=1S/C35H42N8O8/c1-3-20(4-2)24-17-28(43-27(40-24)12-13-37-43)38-21-8-9-22(16-21)39-31(46)18-50-15-14-36-30(45)19-51-26-7-5-6-23-32(26)35(49)42(34(23)48)25-10-11-29(44)41-33(25)47/h5-7,12-13,17,20-22,25,38H,3-4,8-11,14-16,18-19H2,1-2H3,(H,36,45)(H,39,46)(H,41,44,47)/t21-,22-,25?/m0/s1. The second kappa shape index (κ2) is 15.7. The summed E-state index contributed by atoms with van der Waals surface area (Å²) in [6, 6.07) is 7.44. The SMILES string of the molecule is CCC(CC)c1cc(N[C@H]2CC[C@H](NC(=O)COCCNC(=O)COc3cccc4c3C(=O)N(C3CCC(=O)NC3=O)C4=O)C2)n2nccc2n1. The van der Waals surface area contributed by atoms with Crippen LogP contribution in [-0.4, -0.2) is 99.4 Å². The van der Waals surface area contributed by atoms with E-state index in [0.29, 0.717) is 5.92 Å². The van der Waals surface area contributed by atoms with Gasteiger partial charge in [0.25, 0.3) is 17.7 Å². The summed E-state index contributed by atoms with van der Waals surface area (Å²) in [4.78, 5) is 80.7. The molecule has 2 aliphatic heterocycles. The van der Waals surface area contributed by atoms with E-state index in [1.807, 2.05) is 10.6 Å². The van der Waals surface area contributed by atoms with Gasteiger partial charge in [0.05, 0.1) is 23.9 Å². The van der Waals surface area contributed by atoms with E-state index in [4.69, 9.17) is 14.5 Å². The van der Waals surface area contributed by atoms with Gasteiger partial charge in [0, 0.05) is 48.8 Å². The van der Waals surface area contributed by atoms with Gasteiger partial charge in [-0.2, -0.15) is 9.61 Å². The minimum absolute atomic E-state index is 0.00150. The van der Waals surface area contributed by atoms with Crippen LogP contribution < -0.4 is 26.0 Å². The number of nitrogens with one attached hydrogen (secondary N) is 4. The molecule has 51 heavy (non-hydrogen) atoms. The number of imide groups is 2. The van der Waals surface area contributed by atoms with Crippen LogP contribution in [0, 0.1) is 0 Å². The molecule has 1 unspecified atom stereocenters. The summed E-state index contributed by atoms with van der Waals surface area (Å²) in [5.41, 5.74) is 1.86. The molecule has 3 aliphatic rings. The van der Waals surface area contributed by atoms with Crippen molar-refractivity contribution in [2.45, 2.75) is 82.8 Å². The van der Waals surface area contributed by atoms with Gasteiger partial charge in [0.2, 0.25) is 17.7 Å². The van der Waals surface area contributed by atoms with Crippen molar-refractivity contribution in [1.82, 2.24) is 35.4 Å². The fourth-order valence-electron chi connectivity index (χ4n) is 6.90. The maximum atomic E-state index is 13.2. The van der Waals surface area contributed by atoms with Crippen molar-refractivity contribution in [2.75, 3.05) is 31.7 Å². The van der Waals surface area contributed by atoms with Crippen molar-refractivity contribution in [2.24, 2.45) is 0 Å². The number of benzene rings is 1. The highest BCUT2D eigenvalue weighted by atomic mass is 16.5. The average molecular weight is 703 g/mol. The van der Waals surface area contributed by atoms with Gasteiger partial charge in [0.1, 0.15) is 24.2 Å². The first-order valence-corrected chi connectivity index (χ1v) is 17.4. The number of rotatable bonds is 15. The average Bonchev–Trinajstić information content (AvgIpc) is 3.83. The molecule has 0 bridgehead atoms. The van der Waals surface area contributed by atoms with E-state index in [9.17, 15) is 28.8 Å². The van der Waals surface area contributed by atoms with Crippen molar-refractivity contribution in [3.8, 4) is 5.75 Å². The Morgan fingerprint density at radius 2 is 1.80 bits per heavy atom. The molecule has 270 valence electrons. The molecule has 4 N–H and O–H groups in total. The van der Waals surface area contributed by atoms with Crippen LogP contribution in [0.5, 0.6) is 5.75 Å². The largest absolute Gasteiger partial charge is 0.483 e. The molecular formula is C35H42N8O8. The zero-order valence-corrected chi connectivity index (χ0v) is 28.6. The Hall–Kier alpha value is -5.38. The lowest BCUT2D eigenvalue weighted by molar-refractivity contribution is -0.136. The van der Waals surface area contributed by atoms with E-state index in [-0.39, 0.29) is 67.5 Å². The van der Waals surface area contributed by atoms with Crippen LogP contribution >= 0.6 is 0 Å². The lowest BCUT2D eigenvalue weighted by Gasteiger charge is -2.27. The second-order valence-electron chi connectivity index (χ2n) is 12.9. The molecule has 16 heteroatoms. The van der Waals surface area contributed by atoms with Crippen LogP contribution in [0.4, 0.5) is 5.82 Å². The number of aromatic nitrogens is 3. The van der Waals surface area contributed by atoms with E-state index in [0.717, 1.165) is 54.2 Å². The van der Waals surface area contributed by atoms with E-state index in [1.165, 1.54) is 18.2 Å². The molecular weight excluding hydrogens is 660 g/mol. The lowest BCUT2D eigenvalue weighted by atomic mass is 9.99. The third kappa shape index (κ3) is 7.85. The summed E-state index contributed by atoms with van der Waals surface area (Å²) >= 11 is 0. The number of nitrogens with zero attached hydrogens (tertiary/aromatic N) is 4. The van der Waals surface area contributed by atoms with Crippen LogP contribution in [0.25, 0.3) is 5.65 Å². The number of piperidine rings is 1. The normalized spacial score (nSPS) is 20.1. The smallest absolute Gasteiger partial charge is 0.266 e. The van der Waals surface area contributed by atoms with E-state index < -0.39 is 42.2 Å². The predicted molar refractivity (Wildman–Crippen MR) is 182 cm³/mol. The maximum absolute atomic E-state index is 13.2. The summed E-state index contributed by atoms with van der Waals surface area (Å²) in [5.74, 6) is -2.03. The summed E-state index contributed by atoms with van der Waals surface area (Å²) in [6.07, 6.45) is 6.26. The lowest BCUT2D eigenvalue weighted by Crippen LogP contribution is -2.54. The summed E-state index contributed by atoms with van der Waals surface area (Å²) in [6.45, 7) is 3.93. The Morgan fingerprint density at radius 3 is 2.59 bits per heavy atom. The molecule has 2 fully saturated rings. The molecule has 6 amide bonds. The Bertz CT molecular complexity index is 1840. The quantitative estimate of drug-likeness (QED) is 0.133. The zero-order chi connectivity index (χ0) is 36.1. The molecule has 4 heterocycles. The van der Waals surface area contributed by atoms with Gasteiger partial charge in [0.15, 0.2) is 12.3 Å². The van der Waals surface area contributed by atoms with Crippen LogP contribution in [0.2, 0.25) is 0 Å². The number of hydrogen-bond acceptors (Lipinski definition) is 11. The van der Waals surface area contributed by atoms with Crippen LogP contribution in [0.1, 0.15) is 91.1 Å². The van der Waals surface area contributed by atoms with Crippen molar-refractivity contribution >= 4 is 46.9 Å². The molecule has 1 aromatic carbocycles. The number of amides is 6. The number of hydrogen-bond donors (Lipinski definition) is 4. The zero-order valence-electron chi connectivity index (χ0n) is 28.6. The first kappa shape index (κ1) is 35.4. The van der Waals surface area contributed by atoms with Crippen molar-refractivity contribution in [3.63, 3.8) is 0 Å². The Labute approximate surface area is 294 Å². The van der Waals surface area contributed by atoms with Crippen LogP contribution in [-0.2, 0) is 23.9 Å². The molecule has 1 saturated heterocycles. The fourth-order valence-corrected chi connectivity index (χ4v) is 6.90. The molecule has 0 spiro atoms. The number of carbonyl (C=O) groups excluding carboxylic acids is 6. The topological polar surface area (TPSA) is 202 Å². The van der Waals surface area contributed by atoms with Gasteiger partial charge < -0.3 is 25.4 Å². The van der Waals surface area contributed by atoms with Gasteiger partial charge >= 0.3 is 0 Å². The van der Waals surface area contributed by atoms with E-state index in [1.54, 1.807) is 6.20 Å². The van der Waals surface area contributed by atoms with Crippen molar-refractivity contribution in [1.29, 1.82) is 0 Å². The fraction of sp³-hybridized carbons (Fsp3) is 0.486. The third-order valence-corrected chi connectivity index (χ3v) is 9.52. The highest BCUT2D eigenvalue weighted by molar-refractivity contribution is 6.24. The predicted octanol–water partition coefficient (Wildman–Crippen LogP) is 1.70. The summed E-state index contributed by atoms with van der Waals surface area (Å²) in [5, 5.41) is 15.9. The Balaban J connectivity index is 0.899. The Kier molecular flexibility index (Phi) is 10.9. The minimum atomic E-state index is -1.11. The first-order valence-electron chi connectivity index (χ1n) is 17.4. The first-order chi connectivity index (χ1) is 24.7. The molecule has 3 aromatic rings. The monoisotopic (exact) mass is 702 g/mol. The van der Waals surface area contributed by atoms with Gasteiger partial charge in [-0.1, -0.05) is 19.9 Å². The molecule has 3 atom stereocenters. The van der Waals surface area contributed by atoms with E-state index >= 15 is 0 Å². The van der Waals surface area contributed by atoms with Crippen molar-refractivity contribution in [3.05, 3.63) is 53.3 Å². The number of carbonyl (C=O) groups is 6. The molecule has 6 rings (SSSR count). The highest BCUT2D eigenvalue weighted by Gasteiger charge is 2.46. The number of ether oxygens (including phenoxy) is 2. The molecule has 1 aliphatic carbocycles. The molecule has 0 radical (unpaired) electrons. The Morgan fingerprint density at radius 1 is 1.00 bits per heavy atom. The third-order valence-electron chi connectivity index (χ3n) is 9.52. The van der Waals surface area contributed by atoms with E-state index in [2.05, 4.69) is 46.3 Å². The van der Waals surface area contributed by atoms with Gasteiger partial charge in [-0.05, 0) is 50.7 Å².